The van der Waals surface area contributed by atoms with Crippen molar-refractivity contribution in [1.29, 1.82) is 5.26 Å². The van der Waals surface area contributed by atoms with E-state index in [2.05, 4.69) is 6.07 Å². The summed E-state index contributed by atoms with van der Waals surface area (Å²) in [5.41, 5.74) is 0. The van der Waals surface area contributed by atoms with Gasteiger partial charge in [0.25, 0.3) is 0 Å². The zero-order chi connectivity index (χ0) is 7.40. The third kappa shape index (κ3) is 1.89. The standard InChI is InChI=1S/C7H11NOS/c8-3-1-6-2-4-10-5-7(6)9/h6-7,9H,1-2,4-5H2. The van der Waals surface area contributed by atoms with Crippen LogP contribution in [0.5, 0.6) is 0 Å². The average molecular weight is 157 g/mol. The molecule has 0 spiro atoms. The first-order valence-electron chi connectivity index (χ1n) is 3.47. The van der Waals surface area contributed by atoms with Gasteiger partial charge in [0.2, 0.25) is 0 Å². The van der Waals surface area contributed by atoms with E-state index in [0.717, 1.165) is 17.9 Å². The van der Waals surface area contributed by atoms with Crippen LogP contribution in [-0.2, 0) is 0 Å². The van der Waals surface area contributed by atoms with E-state index < -0.39 is 0 Å². The van der Waals surface area contributed by atoms with Crippen LogP contribution in [0.1, 0.15) is 12.8 Å². The number of hydrogen-bond donors (Lipinski definition) is 1. The van der Waals surface area contributed by atoms with Crippen molar-refractivity contribution in [3.63, 3.8) is 0 Å². The summed E-state index contributed by atoms with van der Waals surface area (Å²) in [5.74, 6) is 2.15. The molecule has 1 rings (SSSR count). The molecule has 1 fully saturated rings. The molecular weight excluding hydrogens is 146 g/mol. The van der Waals surface area contributed by atoms with Gasteiger partial charge in [0.1, 0.15) is 0 Å². The quantitative estimate of drug-likeness (QED) is 0.618. The fourth-order valence-corrected chi connectivity index (χ4v) is 2.27. The van der Waals surface area contributed by atoms with E-state index in [0.29, 0.717) is 6.42 Å². The second-order valence-corrected chi connectivity index (χ2v) is 3.70. The average Bonchev–Trinajstić information content (AvgIpc) is 1.94. The van der Waals surface area contributed by atoms with E-state index in [1.165, 1.54) is 0 Å². The van der Waals surface area contributed by atoms with Gasteiger partial charge in [0.15, 0.2) is 0 Å². The van der Waals surface area contributed by atoms with Gasteiger partial charge in [-0.05, 0) is 18.1 Å². The Morgan fingerprint density at radius 3 is 3.10 bits per heavy atom. The summed E-state index contributed by atoms with van der Waals surface area (Å²) in [5, 5.41) is 17.7. The summed E-state index contributed by atoms with van der Waals surface area (Å²) in [6.07, 6.45) is 1.28. The first-order valence-corrected chi connectivity index (χ1v) is 4.63. The first kappa shape index (κ1) is 7.90. The van der Waals surface area contributed by atoms with Crippen LogP contribution >= 0.6 is 11.8 Å². The highest BCUT2D eigenvalue weighted by molar-refractivity contribution is 7.99. The van der Waals surface area contributed by atoms with Gasteiger partial charge in [-0.15, -0.1) is 0 Å². The van der Waals surface area contributed by atoms with Crippen molar-refractivity contribution in [3.8, 4) is 6.07 Å². The Morgan fingerprint density at radius 1 is 1.70 bits per heavy atom. The molecule has 0 bridgehead atoms. The summed E-state index contributed by atoms with van der Waals surface area (Å²) in [6, 6.07) is 2.10. The molecule has 1 aliphatic rings. The lowest BCUT2D eigenvalue weighted by atomic mass is 9.97. The van der Waals surface area contributed by atoms with Crippen molar-refractivity contribution in [2.24, 2.45) is 5.92 Å². The Bertz CT molecular complexity index is 143. The molecular formula is C7H11NOS. The van der Waals surface area contributed by atoms with Gasteiger partial charge in [0, 0.05) is 12.2 Å². The number of aliphatic hydroxyl groups excluding tert-OH is 1. The maximum atomic E-state index is 9.33. The normalized spacial score (nSPS) is 33.2. The highest BCUT2D eigenvalue weighted by atomic mass is 32.2. The van der Waals surface area contributed by atoms with Crippen molar-refractivity contribution in [2.45, 2.75) is 18.9 Å². The predicted octanol–water partition coefficient (Wildman–Crippen LogP) is 1.01. The van der Waals surface area contributed by atoms with Crippen molar-refractivity contribution in [3.05, 3.63) is 0 Å². The van der Waals surface area contributed by atoms with Crippen molar-refractivity contribution >= 4 is 11.8 Å². The number of thioether (sulfide) groups is 1. The van der Waals surface area contributed by atoms with Gasteiger partial charge in [-0.3, -0.25) is 0 Å². The topological polar surface area (TPSA) is 44.0 Å². The smallest absolute Gasteiger partial charge is 0.0668 e. The monoisotopic (exact) mass is 157 g/mol. The maximum absolute atomic E-state index is 9.33. The number of aliphatic hydroxyl groups is 1. The summed E-state index contributed by atoms with van der Waals surface area (Å²) in [6.45, 7) is 0. The van der Waals surface area contributed by atoms with Crippen LogP contribution in [-0.4, -0.2) is 22.7 Å². The summed E-state index contributed by atoms with van der Waals surface area (Å²) in [7, 11) is 0. The summed E-state index contributed by atoms with van der Waals surface area (Å²) in [4.78, 5) is 0. The Kier molecular flexibility index (Phi) is 3.04. The minimum absolute atomic E-state index is 0.238. The van der Waals surface area contributed by atoms with Crippen molar-refractivity contribution in [1.82, 2.24) is 0 Å². The molecule has 10 heavy (non-hydrogen) atoms. The van der Waals surface area contributed by atoms with Gasteiger partial charge in [-0.1, -0.05) is 0 Å². The number of hydrogen-bond acceptors (Lipinski definition) is 3. The zero-order valence-electron chi connectivity index (χ0n) is 5.79. The Morgan fingerprint density at radius 2 is 2.50 bits per heavy atom. The van der Waals surface area contributed by atoms with Crippen LogP contribution in [0, 0.1) is 17.2 Å². The minimum atomic E-state index is -0.238. The lowest BCUT2D eigenvalue weighted by Gasteiger charge is -2.24. The molecule has 3 heteroatoms. The van der Waals surface area contributed by atoms with Gasteiger partial charge in [-0.25, -0.2) is 0 Å². The fraction of sp³-hybridized carbons (Fsp3) is 0.857. The summed E-state index contributed by atoms with van der Waals surface area (Å²) >= 11 is 1.77. The molecule has 2 atom stereocenters. The molecule has 0 amide bonds. The number of nitrogens with zero attached hydrogens (tertiary/aromatic N) is 1. The lowest BCUT2D eigenvalue weighted by molar-refractivity contribution is 0.126. The largest absolute Gasteiger partial charge is 0.392 e. The molecule has 0 radical (unpaired) electrons. The predicted molar refractivity (Wildman–Crippen MR) is 41.7 cm³/mol. The van der Waals surface area contributed by atoms with E-state index in [9.17, 15) is 5.11 Å². The molecule has 1 heterocycles. The molecule has 0 aromatic carbocycles. The third-order valence-electron chi connectivity index (χ3n) is 1.82. The van der Waals surface area contributed by atoms with Gasteiger partial charge in [-0.2, -0.15) is 17.0 Å². The molecule has 2 unspecified atom stereocenters. The molecule has 2 nitrogen and oxygen atoms in total. The molecule has 0 saturated carbocycles. The second-order valence-electron chi connectivity index (χ2n) is 2.55. The van der Waals surface area contributed by atoms with Crippen LogP contribution in [0.2, 0.25) is 0 Å². The first-order chi connectivity index (χ1) is 4.84. The van der Waals surface area contributed by atoms with Crippen LogP contribution in [0.3, 0.4) is 0 Å². The van der Waals surface area contributed by atoms with E-state index in [1.54, 1.807) is 11.8 Å². The van der Waals surface area contributed by atoms with Crippen molar-refractivity contribution < 1.29 is 5.11 Å². The molecule has 1 aliphatic heterocycles. The lowest BCUT2D eigenvalue weighted by Crippen LogP contribution is -2.27. The number of nitriles is 1. The Hall–Kier alpha value is -0.200. The second kappa shape index (κ2) is 3.85. The Balaban J connectivity index is 2.34. The zero-order valence-corrected chi connectivity index (χ0v) is 6.60. The van der Waals surface area contributed by atoms with Crippen LogP contribution in [0.25, 0.3) is 0 Å². The number of rotatable bonds is 1. The van der Waals surface area contributed by atoms with Crippen LogP contribution in [0.15, 0.2) is 0 Å². The fourth-order valence-electron chi connectivity index (χ4n) is 1.12. The SMILES string of the molecule is N#CCC1CCSCC1O. The molecule has 0 aliphatic carbocycles. The van der Waals surface area contributed by atoms with Crippen LogP contribution in [0.4, 0.5) is 0 Å². The maximum Gasteiger partial charge on any atom is 0.0668 e. The summed E-state index contributed by atoms with van der Waals surface area (Å²) < 4.78 is 0. The van der Waals surface area contributed by atoms with Gasteiger partial charge >= 0.3 is 0 Å². The minimum Gasteiger partial charge on any atom is -0.392 e. The van der Waals surface area contributed by atoms with Gasteiger partial charge in [0.05, 0.1) is 12.2 Å². The Labute approximate surface area is 65.2 Å². The molecule has 0 aromatic heterocycles. The van der Waals surface area contributed by atoms with E-state index in [-0.39, 0.29) is 12.0 Å². The van der Waals surface area contributed by atoms with E-state index >= 15 is 0 Å². The highest BCUT2D eigenvalue weighted by Crippen LogP contribution is 2.25. The van der Waals surface area contributed by atoms with Crippen molar-refractivity contribution in [2.75, 3.05) is 11.5 Å². The molecule has 56 valence electrons. The van der Waals surface area contributed by atoms with E-state index in [4.69, 9.17) is 5.26 Å². The molecule has 1 saturated heterocycles. The molecule has 0 aromatic rings. The van der Waals surface area contributed by atoms with E-state index in [1.807, 2.05) is 0 Å². The van der Waals surface area contributed by atoms with Gasteiger partial charge < -0.3 is 5.11 Å². The third-order valence-corrected chi connectivity index (χ3v) is 2.92. The highest BCUT2D eigenvalue weighted by Gasteiger charge is 2.22. The van der Waals surface area contributed by atoms with Crippen LogP contribution < -0.4 is 0 Å². The molecule has 1 N–H and O–H groups in total.